The van der Waals surface area contributed by atoms with Gasteiger partial charge in [0.1, 0.15) is 4.88 Å². The van der Waals surface area contributed by atoms with Gasteiger partial charge >= 0.3 is 6.18 Å². The molecule has 3 rings (SSSR count). The summed E-state index contributed by atoms with van der Waals surface area (Å²) in [5.41, 5.74) is -0.294. The topological polar surface area (TPSA) is 29.1 Å². The fraction of sp³-hybridized carbons (Fsp3) is 0.0625. The van der Waals surface area contributed by atoms with Crippen molar-refractivity contribution in [2.75, 3.05) is 5.32 Å². The van der Waals surface area contributed by atoms with E-state index in [0.717, 1.165) is 17.4 Å². The van der Waals surface area contributed by atoms with Crippen LogP contribution >= 0.6 is 22.9 Å². The van der Waals surface area contributed by atoms with Gasteiger partial charge in [0.2, 0.25) is 0 Å². The van der Waals surface area contributed by atoms with Crippen LogP contribution < -0.4 is 5.32 Å². The lowest BCUT2D eigenvalue weighted by molar-refractivity contribution is -0.136. The van der Waals surface area contributed by atoms with Crippen molar-refractivity contribution in [3.63, 3.8) is 0 Å². The zero-order valence-electron chi connectivity index (χ0n) is 11.4. The number of para-hydroxylation sites is 1. The second-order valence-corrected chi connectivity index (χ2v) is 6.17. The lowest BCUT2D eigenvalue weighted by Gasteiger charge is -2.08. The van der Waals surface area contributed by atoms with Gasteiger partial charge in [-0.2, -0.15) is 13.2 Å². The van der Waals surface area contributed by atoms with Gasteiger partial charge < -0.3 is 5.32 Å². The van der Waals surface area contributed by atoms with Crippen molar-refractivity contribution in [1.29, 1.82) is 0 Å². The largest absolute Gasteiger partial charge is 0.417 e. The lowest BCUT2D eigenvalue weighted by atomic mass is 10.1. The Kier molecular flexibility index (Phi) is 4.04. The second kappa shape index (κ2) is 5.86. The van der Waals surface area contributed by atoms with Crippen LogP contribution in [-0.4, -0.2) is 5.91 Å². The molecule has 1 aromatic heterocycles. The number of anilines is 1. The molecule has 2 aromatic carbocycles. The standard InChI is InChI=1S/C16H9ClF3NOS/c17-13-12-10(16(18,19)20)7-4-8-11(12)23-14(13)15(22)21-9-5-2-1-3-6-9/h1-8H,(H,21,22). The number of carbonyl (C=O) groups excluding carboxylic acids is 1. The van der Waals surface area contributed by atoms with Gasteiger partial charge in [-0.15, -0.1) is 11.3 Å². The van der Waals surface area contributed by atoms with E-state index >= 15 is 0 Å². The van der Waals surface area contributed by atoms with Crippen LogP contribution in [0.2, 0.25) is 5.02 Å². The molecule has 0 spiro atoms. The van der Waals surface area contributed by atoms with Gasteiger partial charge in [-0.05, 0) is 24.3 Å². The molecular formula is C16H9ClF3NOS. The molecule has 0 aliphatic carbocycles. The molecule has 1 N–H and O–H groups in total. The fourth-order valence-electron chi connectivity index (χ4n) is 2.20. The molecule has 0 aliphatic heterocycles. The Labute approximate surface area is 138 Å². The Hall–Kier alpha value is -2.05. The van der Waals surface area contributed by atoms with Crippen LogP contribution in [0.3, 0.4) is 0 Å². The van der Waals surface area contributed by atoms with Crippen LogP contribution in [0.1, 0.15) is 15.2 Å². The summed E-state index contributed by atoms with van der Waals surface area (Å²) in [4.78, 5) is 12.4. The Morgan fingerprint density at radius 1 is 1.04 bits per heavy atom. The lowest BCUT2D eigenvalue weighted by Crippen LogP contribution is -2.10. The Bertz CT molecular complexity index is 874. The van der Waals surface area contributed by atoms with Crippen LogP contribution in [0.25, 0.3) is 10.1 Å². The molecule has 1 amide bonds. The molecule has 23 heavy (non-hydrogen) atoms. The number of benzene rings is 2. The van der Waals surface area contributed by atoms with Crippen LogP contribution in [0.5, 0.6) is 0 Å². The maximum Gasteiger partial charge on any atom is 0.417 e. The van der Waals surface area contributed by atoms with Crippen LogP contribution in [0.4, 0.5) is 18.9 Å². The molecule has 0 bridgehead atoms. The predicted octanol–water partition coefficient (Wildman–Crippen LogP) is 5.83. The average Bonchev–Trinajstić information content (AvgIpc) is 2.85. The van der Waals surface area contributed by atoms with Gasteiger partial charge in [-0.1, -0.05) is 35.9 Å². The number of alkyl halides is 3. The predicted molar refractivity (Wildman–Crippen MR) is 86.2 cm³/mol. The molecule has 7 heteroatoms. The fourth-order valence-corrected chi connectivity index (χ4v) is 3.68. The molecule has 0 saturated carbocycles. The zero-order valence-corrected chi connectivity index (χ0v) is 13.0. The summed E-state index contributed by atoms with van der Waals surface area (Å²) in [6.07, 6.45) is -4.53. The number of halogens is 4. The smallest absolute Gasteiger partial charge is 0.321 e. The van der Waals surface area contributed by atoms with Gasteiger partial charge in [-0.3, -0.25) is 4.79 Å². The molecule has 0 atom stereocenters. The van der Waals surface area contributed by atoms with E-state index in [-0.39, 0.29) is 15.3 Å². The summed E-state index contributed by atoms with van der Waals surface area (Å²) >= 11 is 7.02. The second-order valence-electron chi connectivity index (χ2n) is 4.74. The van der Waals surface area contributed by atoms with Crippen molar-refractivity contribution in [2.45, 2.75) is 6.18 Å². The number of hydrogen-bond donors (Lipinski definition) is 1. The summed E-state index contributed by atoms with van der Waals surface area (Å²) in [5, 5.41) is 2.31. The third-order valence-corrected chi connectivity index (χ3v) is 4.84. The van der Waals surface area contributed by atoms with Crippen LogP contribution in [-0.2, 0) is 6.18 Å². The number of nitrogens with one attached hydrogen (secondary N) is 1. The molecule has 1 heterocycles. The summed E-state index contributed by atoms with van der Waals surface area (Å²) < 4.78 is 39.6. The van der Waals surface area contributed by atoms with Crippen LogP contribution in [0.15, 0.2) is 48.5 Å². The molecule has 0 saturated heterocycles. The first-order valence-electron chi connectivity index (χ1n) is 6.52. The zero-order chi connectivity index (χ0) is 16.6. The van der Waals surface area contributed by atoms with E-state index in [1.807, 2.05) is 0 Å². The van der Waals surface area contributed by atoms with E-state index in [4.69, 9.17) is 11.6 Å². The van der Waals surface area contributed by atoms with E-state index in [1.165, 1.54) is 12.1 Å². The van der Waals surface area contributed by atoms with Crippen molar-refractivity contribution in [2.24, 2.45) is 0 Å². The number of thiophene rings is 1. The summed E-state index contributed by atoms with van der Waals surface area (Å²) in [5.74, 6) is -0.532. The van der Waals surface area contributed by atoms with Gasteiger partial charge in [0.05, 0.1) is 10.6 Å². The monoisotopic (exact) mass is 355 g/mol. The van der Waals surface area contributed by atoms with Gasteiger partial charge in [0, 0.05) is 15.8 Å². The van der Waals surface area contributed by atoms with E-state index < -0.39 is 17.6 Å². The van der Waals surface area contributed by atoms with Gasteiger partial charge in [0.25, 0.3) is 5.91 Å². The molecular weight excluding hydrogens is 347 g/mol. The molecule has 118 valence electrons. The Morgan fingerprint density at radius 3 is 2.39 bits per heavy atom. The minimum atomic E-state index is -4.53. The van der Waals surface area contributed by atoms with Gasteiger partial charge in [-0.25, -0.2) is 0 Å². The minimum absolute atomic E-state index is 0.0576. The van der Waals surface area contributed by atoms with Crippen molar-refractivity contribution in [3.05, 3.63) is 64.0 Å². The third-order valence-electron chi connectivity index (χ3n) is 3.20. The quantitative estimate of drug-likeness (QED) is 0.616. The highest BCUT2D eigenvalue weighted by Crippen LogP contribution is 2.43. The third kappa shape index (κ3) is 3.04. The number of rotatable bonds is 2. The first kappa shape index (κ1) is 15.8. The van der Waals surface area contributed by atoms with Crippen molar-refractivity contribution in [1.82, 2.24) is 0 Å². The molecule has 3 aromatic rings. The normalized spacial score (nSPS) is 11.7. The number of fused-ring (bicyclic) bond motifs is 1. The Balaban J connectivity index is 2.06. The number of amides is 1. The molecule has 2 nitrogen and oxygen atoms in total. The maximum atomic E-state index is 13.1. The number of carbonyl (C=O) groups is 1. The summed E-state index contributed by atoms with van der Waals surface area (Å²) in [7, 11) is 0. The first-order chi connectivity index (χ1) is 10.9. The molecule has 0 aliphatic rings. The molecule has 0 radical (unpaired) electrons. The molecule has 0 fully saturated rings. The number of hydrogen-bond acceptors (Lipinski definition) is 2. The highest BCUT2D eigenvalue weighted by molar-refractivity contribution is 7.21. The van der Waals surface area contributed by atoms with Gasteiger partial charge in [0.15, 0.2) is 0 Å². The molecule has 0 unspecified atom stereocenters. The highest BCUT2D eigenvalue weighted by atomic mass is 35.5. The summed E-state index contributed by atoms with van der Waals surface area (Å²) in [6.45, 7) is 0. The van der Waals surface area contributed by atoms with Crippen molar-refractivity contribution >= 4 is 44.6 Å². The van der Waals surface area contributed by atoms with E-state index in [2.05, 4.69) is 5.32 Å². The highest BCUT2D eigenvalue weighted by Gasteiger charge is 2.34. The summed E-state index contributed by atoms with van der Waals surface area (Å²) in [6, 6.07) is 12.4. The van der Waals surface area contributed by atoms with E-state index in [9.17, 15) is 18.0 Å². The maximum absolute atomic E-state index is 13.1. The van der Waals surface area contributed by atoms with Crippen LogP contribution in [0, 0.1) is 0 Å². The SMILES string of the molecule is O=C(Nc1ccccc1)c1sc2cccc(C(F)(F)F)c2c1Cl. The van der Waals surface area contributed by atoms with Crippen molar-refractivity contribution < 1.29 is 18.0 Å². The Morgan fingerprint density at radius 2 is 1.74 bits per heavy atom. The average molecular weight is 356 g/mol. The van der Waals surface area contributed by atoms with E-state index in [0.29, 0.717) is 10.4 Å². The van der Waals surface area contributed by atoms with E-state index in [1.54, 1.807) is 30.3 Å². The first-order valence-corrected chi connectivity index (χ1v) is 7.72. The minimum Gasteiger partial charge on any atom is -0.321 e. The van der Waals surface area contributed by atoms with Crippen molar-refractivity contribution in [3.8, 4) is 0 Å².